The van der Waals surface area contributed by atoms with Crippen LogP contribution in [0, 0.1) is 7.14 Å². The number of hydrazone groups is 1. The number of ether oxygens (including phenoxy) is 1. The quantitative estimate of drug-likeness (QED) is 0.101. The van der Waals surface area contributed by atoms with Crippen molar-refractivity contribution in [3.63, 3.8) is 0 Å². The maximum Gasteiger partial charge on any atom is 0.416 e. The molecule has 4 rings (SSSR count). The number of amides is 1. The van der Waals surface area contributed by atoms with E-state index in [2.05, 4.69) is 81.9 Å². The Morgan fingerprint density at radius 3 is 2.51 bits per heavy atom. The van der Waals surface area contributed by atoms with Crippen LogP contribution in [0.2, 0.25) is 0 Å². The van der Waals surface area contributed by atoms with E-state index in [0.717, 1.165) is 40.6 Å². The molecule has 2 N–H and O–H groups in total. The van der Waals surface area contributed by atoms with Gasteiger partial charge in [-0.05, 0) is 98.8 Å². The molecule has 1 amide bonds. The van der Waals surface area contributed by atoms with Gasteiger partial charge in [0.25, 0.3) is 0 Å². The van der Waals surface area contributed by atoms with Gasteiger partial charge in [0, 0.05) is 15.5 Å². The number of aromatic nitrogens is 1. The number of thiazole rings is 1. The number of anilines is 2. The third-order valence-corrected chi connectivity index (χ3v) is 7.99. The van der Waals surface area contributed by atoms with Crippen LogP contribution >= 0.6 is 72.4 Å². The molecule has 39 heavy (non-hydrogen) atoms. The van der Waals surface area contributed by atoms with Gasteiger partial charge in [0.15, 0.2) is 5.13 Å². The number of nitrogens with zero attached hydrogens (tertiary/aromatic N) is 2. The standard InChI is InChI=1S/C26H18BrF3I2N4O2S/c27-18-6-4-15(5-7-18)13-38-24-21(31)8-16(9-22(24)32)12-33-36-23(37)11-20-14-39-25(35-20)34-19-3-1-2-17(10-19)26(28,29)30/h1-10,12,14H,11,13H2,(H,34,35)(H,36,37)/b33-12-. The van der Waals surface area contributed by atoms with Gasteiger partial charge in [-0.3, -0.25) is 4.79 Å². The fourth-order valence-corrected chi connectivity index (χ4v) is 6.38. The highest BCUT2D eigenvalue weighted by atomic mass is 127. The normalized spacial score (nSPS) is 11.5. The number of hydrogen-bond donors (Lipinski definition) is 2. The van der Waals surface area contributed by atoms with Crippen molar-refractivity contribution in [1.82, 2.24) is 10.4 Å². The first-order valence-electron chi connectivity index (χ1n) is 11.1. The second-order valence-corrected chi connectivity index (χ2v) is 12.1. The maximum absolute atomic E-state index is 12.9. The zero-order chi connectivity index (χ0) is 28.0. The summed E-state index contributed by atoms with van der Waals surface area (Å²) in [5.74, 6) is 0.402. The Balaban J connectivity index is 1.29. The fourth-order valence-electron chi connectivity index (χ4n) is 3.25. The second-order valence-electron chi connectivity index (χ2n) is 8.05. The van der Waals surface area contributed by atoms with Gasteiger partial charge in [-0.25, -0.2) is 10.4 Å². The number of alkyl halides is 3. The van der Waals surface area contributed by atoms with Crippen LogP contribution in [0.1, 0.15) is 22.4 Å². The minimum Gasteiger partial charge on any atom is -0.487 e. The molecule has 0 radical (unpaired) electrons. The van der Waals surface area contributed by atoms with Crippen LogP contribution in [-0.4, -0.2) is 17.1 Å². The van der Waals surface area contributed by atoms with E-state index >= 15 is 0 Å². The average molecular weight is 841 g/mol. The smallest absolute Gasteiger partial charge is 0.416 e. The van der Waals surface area contributed by atoms with Crippen LogP contribution < -0.4 is 15.5 Å². The summed E-state index contributed by atoms with van der Waals surface area (Å²) in [7, 11) is 0. The van der Waals surface area contributed by atoms with Gasteiger partial charge < -0.3 is 10.1 Å². The number of halogens is 6. The summed E-state index contributed by atoms with van der Waals surface area (Å²) in [6, 6.07) is 16.6. The summed E-state index contributed by atoms with van der Waals surface area (Å²) >= 11 is 9.01. The Bertz CT molecular complexity index is 1470. The average Bonchev–Trinajstić information content (AvgIpc) is 3.30. The molecule has 0 saturated heterocycles. The van der Waals surface area contributed by atoms with Crippen LogP contribution in [0.3, 0.4) is 0 Å². The van der Waals surface area contributed by atoms with Crippen LogP contribution in [0.4, 0.5) is 24.0 Å². The third kappa shape index (κ3) is 8.88. The van der Waals surface area contributed by atoms with Crippen molar-refractivity contribution in [3.05, 3.63) is 100 Å². The molecule has 1 heterocycles. The summed E-state index contributed by atoms with van der Waals surface area (Å²) in [5, 5.41) is 8.92. The molecule has 0 aliphatic carbocycles. The number of benzene rings is 3. The lowest BCUT2D eigenvalue weighted by Crippen LogP contribution is -2.20. The first kappa shape index (κ1) is 29.7. The molecular weight excluding hydrogens is 823 g/mol. The van der Waals surface area contributed by atoms with Crippen molar-refractivity contribution in [2.75, 3.05) is 5.32 Å². The molecule has 1 aromatic heterocycles. The van der Waals surface area contributed by atoms with E-state index in [4.69, 9.17) is 4.74 Å². The highest BCUT2D eigenvalue weighted by Gasteiger charge is 2.30. The molecule has 0 fully saturated rings. The van der Waals surface area contributed by atoms with Gasteiger partial charge in [0.2, 0.25) is 5.91 Å². The van der Waals surface area contributed by atoms with Crippen LogP contribution in [0.25, 0.3) is 0 Å². The number of hydrogen-bond acceptors (Lipinski definition) is 6. The Hall–Kier alpha value is -2.24. The lowest BCUT2D eigenvalue weighted by Gasteiger charge is -2.11. The van der Waals surface area contributed by atoms with Crippen LogP contribution in [-0.2, 0) is 24.0 Å². The molecule has 202 valence electrons. The summed E-state index contributed by atoms with van der Waals surface area (Å²) in [6.45, 7) is 0.441. The molecule has 0 atom stereocenters. The third-order valence-electron chi connectivity index (χ3n) is 5.05. The van der Waals surface area contributed by atoms with Gasteiger partial charge >= 0.3 is 6.18 Å². The minimum absolute atomic E-state index is 0.0317. The lowest BCUT2D eigenvalue weighted by atomic mass is 10.2. The molecule has 13 heteroatoms. The molecule has 0 aliphatic heterocycles. The largest absolute Gasteiger partial charge is 0.487 e. The van der Waals surface area contributed by atoms with Gasteiger partial charge in [-0.15, -0.1) is 11.3 Å². The van der Waals surface area contributed by atoms with Gasteiger partial charge in [-0.2, -0.15) is 18.3 Å². The molecule has 4 aromatic rings. The van der Waals surface area contributed by atoms with Crippen molar-refractivity contribution >= 4 is 95.4 Å². The molecular formula is C26H18BrF3I2N4O2S. The van der Waals surface area contributed by atoms with E-state index in [1.807, 2.05) is 36.4 Å². The summed E-state index contributed by atoms with van der Waals surface area (Å²) in [5.41, 5.74) is 4.30. The maximum atomic E-state index is 12.9. The molecule has 0 saturated carbocycles. The van der Waals surface area contributed by atoms with E-state index in [-0.39, 0.29) is 18.0 Å². The van der Waals surface area contributed by atoms with Crippen LogP contribution in [0.15, 0.2) is 75.6 Å². The zero-order valence-electron chi connectivity index (χ0n) is 19.7. The van der Waals surface area contributed by atoms with Crippen molar-refractivity contribution in [2.45, 2.75) is 19.2 Å². The number of carbonyl (C=O) groups excluding carboxylic acids is 1. The molecule has 0 bridgehead atoms. The van der Waals surface area contributed by atoms with E-state index in [1.165, 1.54) is 23.5 Å². The summed E-state index contributed by atoms with van der Waals surface area (Å²) in [6.07, 6.45) is -2.92. The van der Waals surface area contributed by atoms with Crippen LogP contribution in [0.5, 0.6) is 5.75 Å². The number of rotatable bonds is 9. The van der Waals surface area contributed by atoms with E-state index in [1.54, 1.807) is 11.6 Å². The Kier molecular flexibility index (Phi) is 10.2. The summed E-state index contributed by atoms with van der Waals surface area (Å²) < 4.78 is 47.6. The Morgan fingerprint density at radius 2 is 1.82 bits per heavy atom. The van der Waals surface area contributed by atoms with Crippen molar-refractivity contribution in [3.8, 4) is 5.75 Å². The fraction of sp³-hybridized carbons (Fsp3) is 0.115. The number of nitrogens with one attached hydrogen (secondary N) is 2. The van der Waals surface area contributed by atoms with E-state index in [0.29, 0.717) is 17.4 Å². The van der Waals surface area contributed by atoms with E-state index < -0.39 is 11.7 Å². The van der Waals surface area contributed by atoms with E-state index in [9.17, 15) is 18.0 Å². The molecule has 0 spiro atoms. The highest BCUT2D eigenvalue weighted by molar-refractivity contribution is 14.1. The zero-order valence-corrected chi connectivity index (χ0v) is 26.4. The lowest BCUT2D eigenvalue weighted by molar-refractivity contribution is -0.137. The number of carbonyl (C=O) groups is 1. The van der Waals surface area contributed by atoms with Gasteiger partial charge in [0.1, 0.15) is 12.4 Å². The molecule has 3 aromatic carbocycles. The van der Waals surface area contributed by atoms with Crippen molar-refractivity contribution in [1.29, 1.82) is 0 Å². The predicted molar refractivity (Wildman–Crippen MR) is 167 cm³/mol. The first-order chi connectivity index (χ1) is 18.6. The van der Waals surface area contributed by atoms with Gasteiger partial charge in [-0.1, -0.05) is 34.1 Å². The van der Waals surface area contributed by atoms with Crippen molar-refractivity contribution < 1.29 is 22.7 Å². The SMILES string of the molecule is O=C(Cc1csc(Nc2cccc(C(F)(F)F)c2)n1)N/N=C\c1cc(I)c(OCc2ccc(Br)cc2)c(I)c1. The predicted octanol–water partition coefficient (Wildman–Crippen LogP) is 8.15. The Labute approximate surface area is 261 Å². The Morgan fingerprint density at radius 1 is 1.10 bits per heavy atom. The molecule has 6 nitrogen and oxygen atoms in total. The topological polar surface area (TPSA) is 75.6 Å². The highest BCUT2D eigenvalue weighted by Crippen LogP contribution is 2.32. The summed E-state index contributed by atoms with van der Waals surface area (Å²) in [4.78, 5) is 16.6. The molecule has 0 unspecified atom stereocenters. The van der Waals surface area contributed by atoms with Crippen molar-refractivity contribution in [2.24, 2.45) is 5.10 Å². The monoisotopic (exact) mass is 840 g/mol. The van der Waals surface area contributed by atoms with Gasteiger partial charge in [0.05, 0.1) is 31.0 Å². The minimum atomic E-state index is -4.43. The second kappa shape index (κ2) is 13.4. The molecule has 0 aliphatic rings. The first-order valence-corrected chi connectivity index (χ1v) is 15.0.